The van der Waals surface area contributed by atoms with E-state index in [2.05, 4.69) is 20.5 Å². The standard InChI is InChI=1S/C34H28N6O6S4/c1-47-27-15-19(11-13-25(27)37-39-33-29(49(41,42)43)17-21-7-3-5-9-23(21)31(33)35)20-12-14-26(28(16-20)48-2)38-40-34-30(50(44,45)46)18-22-8-4-6-10-24(22)32(34)36/h3-18H,35-36H2,1-2H3,(H,41,42,43)(H,44,45,46)/b39-37+,40-38+. The van der Waals surface area contributed by atoms with Crippen LogP contribution in [0.4, 0.5) is 34.1 Å². The van der Waals surface area contributed by atoms with Gasteiger partial charge in [-0.15, -0.1) is 44.0 Å². The molecule has 0 unspecified atom stereocenters. The fourth-order valence-corrected chi connectivity index (χ4v) is 7.83. The first-order valence-electron chi connectivity index (χ1n) is 14.6. The highest BCUT2D eigenvalue weighted by atomic mass is 32.2. The molecule has 0 amide bonds. The van der Waals surface area contributed by atoms with Gasteiger partial charge in [0.15, 0.2) is 0 Å². The van der Waals surface area contributed by atoms with Crippen LogP contribution in [0.1, 0.15) is 0 Å². The zero-order valence-corrected chi connectivity index (χ0v) is 29.6. The summed E-state index contributed by atoms with van der Waals surface area (Å²) in [6.07, 6.45) is 3.73. The van der Waals surface area contributed by atoms with Crippen molar-refractivity contribution in [3.05, 3.63) is 97.1 Å². The fraction of sp³-hybridized carbons (Fsp3) is 0.0588. The smallest absolute Gasteiger partial charge is 0.296 e. The van der Waals surface area contributed by atoms with Gasteiger partial charge >= 0.3 is 0 Å². The summed E-state index contributed by atoms with van der Waals surface area (Å²) in [5.41, 5.74) is 15.0. The summed E-state index contributed by atoms with van der Waals surface area (Å²) >= 11 is 2.81. The van der Waals surface area contributed by atoms with Crippen LogP contribution in [0, 0.1) is 0 Å². The molecule has 16 heteroatoms. The Balaban J connectivity index is 1.35. The van der Waals surface area contributed by atoms with Crippen molar-refractivity contribution < 1.29 is 25.9 Å². The zero-order valence-electron chi connectivity index (χ0n) is 26.3. The van der Waals surface area contributed by atoms with E-state index in [1.165, 1.54) is 35.7 Å². The van der Waals surface area contributed by atoms with Gasteiger partial charge in [0.2, 0.25) is 0 Å². The Morgan fingerprint density at radius 3 is 1.28 bits per heavy atom. The molecule has 0 aliphatic heterocycles. The molecule has 50 heavy (non-hydrogen) atoms. The quantitative estimate of drug-likeness (QED) is 0.0476. The van der Waals surface area contributed by atoms with Gasteiger partial charge in [0.05, 0.1) is 22.7 Å². The monoisotopic (exact) mass is 744 g/mol. The molecule has 12 nitrogen and oxygen atoms in total. The van der Waals surface area contributed by atoms with E-state index in [9.17, 15) is 25.9 Å². The van der Waals surface area contributed by atoms with Gasteiger partial charge < -0.3 is 11.5 Å². The minimum absolute atomic E-state index is 0.0705. The fourth-order valence-electron chi connectivity index (χ4n) is 5.36. The number of nitrogens with two attached hydrogens (primary N) is 2. The second-order valence-electron chi connectivity index (χ2n) is 10.8. The van der Waals surface area contributed by atoms with E-state index in [0.29, 0.717) is 32.9 Å². The molecule has 0 aromatic heterocycles. The number of thioether (sulfide) groups is 2. The van der Waals surface area contributed by atoms with Crippen molar-refractivity contribution in [1.82, 2.24) is 0 Å². The third-order valence-electron chi connectivity index (χ3n) is 7.82. The molecule has 254 valence electrons. The molecular weight excluding hydrogens is 717 g/mol. The molecule has 6 N–H and O–H groups in total. The number of azo groups is 2. The highest BCUT2D eigenvalue weighted by molar-refractivity contribution is 7.99. The van der Waals surface area contributed by atoms with Crippen LogP contribution in [0.15, 0.2) is 137 Å². The molecule has 0 atom stereocenters. The van der Waals surface area contributed by atoms with Crippen LogP contribution in [-0.4, -0.2) is 38.5 Å². The first-order chi connectivity index (χ1) is 23.8. The molecule has 0 bridgehead atoms. The second-order valence-corrected chi connectivity index (χ2v) is 15.3. The molecule has 0 saturated heterocycles. The second kappa shape index (κ2) is 13.8. The third kappa shape index (κ3) is 6.94. The lowest BCUT2D eigenvalue weighted by Crippen LogP contribution is -2.01. The van der Waals surface area contributed by atoms with Crippen LogP contribution in [0.3, 0.4) is 0 Å². The molecule has 0 aliphatic rings. The van der Waals surface area contributed by atoms with Gasteiger partial charge in [0, 0.05) is 20.6 Å². The largest absolute Gasteiger partial charge is 0.396 e. The van der Waals surface area contributed by atoms with Crippen molar-refractivity contribution in [2.75, 3.05) is 24.0 Å². The first-order valence-corrected chi connectivity index (χ1v) is 19.9. The Morgan fingerprint density at radius 1 is 0.540 bits per heavy atom. The first kappa shape index (κ1) is 35.0. The summed E-state index contributed by atoms with van der Waals surface area (Å²) in [5.74, 6) is 0. The Kier molecular flexibility index (Phi) is 9.67. The van der Waals surface area contributed by atoms with Gasteiger partial charge in [0.25, 0.3) is 20.2 Å². The molecule has 0 spiro atoms. The molecule has 6 rings (SSSR count). The van der Waals surface area contributed by atoms with Gasteiger partial charge in [-0.1, -0.05) is 60.7 Å². The number of nitrogen functional groups attached to an aromatic ring is 2. The lowest BCUT2D eigenvalue weighted by molar-refractivity contribution is 0.481. The number of anilines is 2. The van der Waals surface area contributed by atoms with Gasteiger partial charge in [-0.3, -0.25) is 9.11 Å². The third-order valence-corrected chi connectivity index (χ3v) is 11.1. The summed E-state index contributed by atoms with van der Waals surface area (Å²) in [5, 5.41) is 19.2. The summed E-state index contributed by atoms with van der Waals surface area (Å²) in [6.45, 7) is 0. The maximum atomic E-state index is 12.2. The van der Waals surface area contributed by atoms with Crippen LogP contribution in [0.5, 0.6) is 0 Å². The highest BCUT2D eigenvalue weighted by Gasteiger charge is 2.22. The van der Waals surface area contributed by atoms with Crippen molar-refractivity contribution in [3.8, 4) is 11.1 Å². The number of hydrogen-bond donors (Lipinski definition) is 4. The molecule has 0 radical (unpaired) electrons. The molecule has 0 saturated carbocycles. The van der Waals surface area contributed by atoms with Crippen molar-refractivity contribution in [3.63, 3.8) is 0 Å². The molecular formula is C34H28N6O6S4. The van der Waals surface area contributed by atoms with E-state index in [1.807, 2.05) is 36.8 Å². The number of fused-ring (bicyclic) bond motifs is 2. The number of rotatable bonds is 9. The summed E-state index contributed by atoms with van der Waals surface area (Å²) in [7, 11) is -9.32. The lowest BCUT2D eigenvalue weighted by atomic mass is 10.0. The Morgan fingerprint density at radius 2 is 0.920 bits per heavy atom. The predicted octanol–water partition coefficient (Wildman–Crippen LogP) is 9.59. The average Bonchev–Trinajstić information content (AvgIpc) is 3.09. The van der Waals surface area contributed by atoms with E-state index in [4.69, 9.17) is 11.5 Å². The molecule has 6 aromatic rings. The van der Waals surface area contributed by atoms with Crippen LogP contribution < -0.4 is 11.5 Å². The SMILES string of the molecule is CSc1cc(-c2ccc(/N=N/c3c(S(=O)(=O)O)cc4ccccc4c3N)c(SC)c2)ccc1/N=N/c1c(S(=O)(=O)O)cc2ccccc2c1N. The van der Waals surface area contributed by atoms with Crippen molar-refractivity contribution in [2.24, 2.45) is 20.5 Å². The van der Waals surface area contributed by atoms with Crippen LogP contribution in [0.2, 0.25) is 0 Å². The average molecular weight is 745 g/mol. The maximum absolute atomic E-state index is 12.2. The maximum Gasteiger partial charge on any atom is 0.296 e. The van der Waals surface area contributed by atoms with Crippen molar-refractivity contribution >= 4 is 99.4 Å². The Labute approximate surface area is 296 Å². The van der Waals surface area contributed by atoms with Gasteiger partial charge in [-0.2, -0.15) is 16.8 Å². The molecule has 0 aliphatic carbocycles. The highest BCUT2D eigenvalue weighted by Crippen LogP contribution is 2.42. The topological polar surface area (TPSA) is 210 Å². The van der Waals surface area contributed by atoms with Gasteiger partial charge in [-0.05, 0) is 70.8 Å². The van der Waals surface area contributed by atoms with E-state index in [1.54, 1.807) is 60.7 Å². The van der Waals surface area contributed by atoms with Gasteiger partial charge in [0.1, 0.15) is 21.2 Å². The number of hydrogen-bond acceptors (Lipinski definition) is 12. The predicted molar refractivity (Wildman–Crippen MR) is 200 cm³/mol. The van der Waals surface area contributed by atoms with E-state index >= 15 is 0 Å². The lowest BCUT2D eigenvalue weighted by Gasteiger charge is -2.11. The van der Waals surface area contributed by atoms with Crippen LogP contribution in [0.25, 0.3) is 32.7 Å². The number of nitrogens with zero attached hydrogens (tertiary/aromatic N) is 4. The van der Waals surface area contributed by atoms with Crippen LogP contribution >= 0.6 is 23.5 Å². The molecule has 0 heterocycles. The van der Waals surface area contributed by atoms with E-state index in [-0.39, 0.29) is 22.7 Å². The zero-order chi connectivity index (χ0) is 35.8. The normalized spacial score (nSPS) is 12.5. The van der Waals surface area contributed by atoms with E-state index in [0.717, 1.165) is 20.9 Å². The Hall–Kier alpha value is -4.84. The van der Waals surface area contributed by atoms with Crippen LogP contribution in [-0.2, 0) is 20.2 Å². The molecule has 0 fully saturated rings. The summed E-state index contributed by atoms with van der Waals surface area (Å²) in [4.78, 5) is 0.578. The molecule has 6 aromatic carbocycles. The minimum Gasteiger partial charge on any atom is -0.396 e. The summed E-state index contributed by atoms with van der Waals surface area (Å²) in [6, 6.07) is 27.4. The Bertz CT molecular complexity index is 2430. The number of benzene rings is 6. The van der Waals surface area contributed by atoms with E-state index < -0.39 is 30.0 Å². The van der Waals surface area contributed by atoms with Crippen molar-refractivity contribution in [1.29, 1.82) is 0 Å². The van der Waals surface area contributed by atoms with Crippen molar-refractivity contribution in [2.45, 2.75) is 19.6 Å². The minimum atomic E-state index is -4.66. The van der Waals surface area contributed by atoms with Gasteiger partial charge in [-0.25, -0.2) is 0 Å². The summed E-state index contributed by atoms with van der Waals surface area (Å²) < 4.78 is 68.8.